The van der Waals surface area contributed by atoms with Crippen LogP contribution in [0.4, 0.5) is 0 Å². The normalized spacial score (nSPS) is 28.5. The minimum atomic E-state index is 0.340. The van der Waals surface area contributed by atoms with Crippen LogP contribution in [0, 0.1) is 11.3 Å². The second kappa shape index (κ2) is 3.75. The molecule has 72 valence electrons. The molecule has 3 N–H and O–H groups in total. The zero-order chi connectivity index (χ0) is 9.19. The van der Waals surface area contributed by atoms with Crippen LogP contribution in [0.5, 0.6) is 0 Å². The number of rotatable bonds is 5. The summed E-state index contributed by atoms with van der Waals surface area (Å²) in [4.78, 5) is 0. The van der Waals surface area contributed by atoms with Crippen molar-refractivity contribution in [1.29, 1.82) is 0 Å². The maximum absolute atomic E-state index is 5.78. The van der Waals surface area contributed by atoms with Crippen LogP contribution >= 0.6 is 0 Å². The Hall–Kier alpha value is -0.0800. The Balaban J connectivity index is 1.98. The lowest BCUT2D eigenvalue weighted by Crippen LogP contribution is -2.34. The van der Waals surface area contributed by atoms with Crippen molar-refractivity contribution in [3.05, 3.63) is 0 Å². The fraction of sp³-hybridized carbons (Fsp3) is 1.00. The van der Waals surface area contributed by atoms with E-state index in [9.17, 15) is 0 Å². The molecular formula is C10H22N2. The van der Waals surface area contributed by atoms with E-state index in [0.717, 1.165) is 25.4 Å². The molecule has 0 radical (unpaired) electrons. The molecule has 1 aliphatic rings. The van der Waals surface area contributed by atoms with E-state index in [0.29, 0.717) is 11.5 Å². The molecule has 0 spiro atoms. The predicted octanol–water partition coefficient (Wildman–Crippen LogP) is 1.36. The van der Waals surface area contributed by atoms with E-state index in [1.165, 1.54) is 6.42 Å². The monoisotopic (exact) mass is 170 g/mol. The van der Waals surface area contributed by atoms with Crippen molar-refractivity contribution in [3.63, 3.8) is 0 Å². The first-order valence-electron chi connectivity index (χ1n) is 5.02. The van der Waals surface area contributed by atoms with Gasteiger partial charge in [0.05, 0.1) is 0 Å². The quantitative estimate of drug-likeness (QED) is 0.654. The van der Waals surface area contributed by atoms with Gasteiger partial charge in [0, 0.05) is 12.6 Å². The van der Waals surface area contributed by atoms with Crippen LogP contribution < -0.4 is 11.1 Å². The van der Waals surface area contributed by atoms with Gasteiger partial charge in [-0.1, -0.05) is 20.8 Å². The van der Waals surface area contributed by atoms with Crippen molar-refractivity contribution in [2.24, 2.45) is 17.1 Å². The second-order valence-corrected chi connectivity index (χ2v) is 4.72. The highest BCUT2D eigenvalue weighted by atomic mass is 14.9. The first-order chi connectivity index (χ1) is 5.56. The summed E-state index contributed by atoms with van der Waals surface area (Å²) in [6.45, 7) is 8.93. The molecule has 0 bridgehead atoms. The summed E-state index contributed by atoms with van der Waals surface area (Å²) in [5.74, 6) is 0.890. The van der Waals surface area contributed by atoms with Gasteiger partial charge in [0.25, 0.3) is 0 Å². The molecule has 1 saturated carbocycles. The van der Waals surface area contributed by atoms with Crippen LogP contribution in [0.15, 0.2) is 0 Å². The summed E-state index contributed by atoms with van der Waals surface area (Å²) < 4.78 is 0. The fourth-order valence-electron chi connectivity index (χ4n) is 1.51. The fourth-order valence-corrected chi connectivity index (χ4v) is 1.51. The Bertz CT molecular complexity index is 143. The molecule has 2 unspecified atom stereocenters. The van der Waals surface area contributed by atoms with Crippen LogP contribution in [-0.2, 0) is 0 Å². The number of nitrogens with one attached hydrogen (secondary N) is 1. The van der Waals surface area contributed by atoms with Crippen molar-refractivity contribution in [3.8, 4) is 0 Å². The first kappa shape index (κ1) is 10.0. The van der Waals surface area contributed by atoms with Gasteiger partial charge in [-0.05, 0) is 30.7 Å². The standard InChI is InChI=1S/C10H22N2/c1-4-9(11)7-12-6-8-5-10(8,2)3/h8-9,12H,4-7,11H2,1-3H3. The molecule has 2 atom stereocenters. The largest absolute Gasteiger partial charge is 0.327 e. The summed E-state index contributed by atoms with van der Waals surface area (Å²) in [7, 11) is 0. The average molecular weight is 170 g/mol. The zero-order valence-corrected chi connectivity index (χ0v) is 8.56. The molecule has 2 nitrogen and oxygen atoms in total. The van der Waals surface area contributed by atoms with Crippen molar-refractivity contribution in [1.82, 2.24) is 5.32 Å². The molecule has 1 aliphatic carbocycles. The number of nitrogens with two attached hydrogens (primary N) is 1. The zero-order valence-electron chi connectivity index (χ0n) is 8.56. The summed E-state index contributed by atoms with van der Waals surface area (Å²) in [5.41, 5.74) is 6.39. The topological polar surface area (TPSA) is 38.0 Å². The molecule has 1 rings (SSSR count). The summed E-state index contributed by atoms with van der Waals surface area (Å²) >= 11 is 0. The molecule has 2 heteroatoms. The Morgan fingerprint density at radius 1 is 1.58 bits per heavy atom. The third-order valence-corrected chi connectivity index (χ3v) is 3.04. The third-order valence-electron chi connectivity index (χ3n) is 3.04. The van der Waals surface area contributed by atoms with E-state index >= 15 is 0 Å². The second-order valence-electron chi connectivity index (χ2n) is 4.72. The van der Waals surface area contributed by atoms with Crippen LogP contribution in [0.3, 0.4) is 0 Å². The van der Waals surface area contributed by atoms with Crippen LogP contribution in [0.25, 0.3) is 0 Å². The number of hydrogen-bond donors (Lipinski definition) is 2. The van der Waals surface area contributed by atoms with E-state index in [1.807, 2.05) is 0 Å². The van der Waals surface area contributed by atoms with Crippen LogP contribution in [-0.4, -0.2) is 19.1 Å². The lowest BCUT2D eigenvalue weighted by Gasteiger charge is -2.10. The Labute approximate surface area is 75.9 Å². The highest BCUT2D eigenvalue weighted by molar-refractivity contribution is 4.96. The summed E-state index contributed by atoms with van der Waals surface area (Å²) in [6.07, 6.45) is 2.45. The lowest BCUT2D eigenvalue weighted by molar-refractivity contribution is 0.494. The molecule has 12 heavy (non-hydrogen) atoms. The maximum atomic E-state index is 5.78. The van der Waals surface area contributed by atoms with E-state index in [-0.39, 0.29) is 0 Å². The van der Waals surface area contributed by atoms with E-state index in [1.54, 1.807) is 0 Å². The molecule has 0 saturated heterocycles. The van der Waals surface area contributed by atoms with Gasteiger partial charge in [-0.2, -0.15) is 0 Å². The molecule has 0 heterocycles. The van der Waals surface area contributed by atoms with Gasteiger partial charge in [-0.25, -0.2) is 0 Å². The average Bonchev–Trinajstić information content (AvgIpc) is 2.59. The van der Waals surface area contributed by atoms with Crippen molar-refractivity contribution in [2.75, 3.05) is 13.1 Å². The van der Waals surface area contributed by atoms with Gasteiger partial charge in [-0.15, -0.1) is 0 Å². The van der Waals surface area contributed by atoms with Gasteiger partial charge in [-0.3, -0.25) is 0 Å². The van der Waals surface area contributed by atoms with Gasteiger partial charge in [0.2, 0.25) is 0 Å². The minimum Gasteiger partial charge on any atom is -0.327 e. The van der Waals surface area contributed by atoms with Crippen molar-refractivity contribution >= 4 is 0 Å². The molecule has 0 amide bonds. The van der Waals surface area contributed by atoms with Crippen molar-refractivity contribution in [2.45, 2.75) is 39.7 Å². The third kappa shape index (κ3) is 2.76. The first-order valence-corrected chi connectivity index (χ1v) is 5.02. The molecule has 1 fully saturated rings. The smallest absolute Gasteiger partial charge is 0.0162 e. The van der Waals surface area contributed by atoms with Gasteiger partial charge in [0.1, 0.15) is 0 Å². The minimum absolute atomic E-state index is 0.340. The number of hydrogen-bond acceptors (Lipinski definition) is 2. The van der Waals surface area contributed by atoms with Gasteiger partial charge in [0.15, 0.2) is 0 Å². The van der Waals surface area contributed by atoms with Crippen molar-refractivity contribution < 1.29 is 0 Å². The molecule has 0 aromatic heterocycles. The summed E-state index contributed by atoms with van der Waals surface area (Å²) in [6, 6.07) is 0.340. The highest BCUT2D eigenvalue weighted by Gasteiger charge is 2.44. The summed E-state index contributed by atoms with van der Waals surface area (Å²) in [5, 5.41) is 3.43. The van der Waals surface area contributed by atoms with E-state index in [4.69, 9.17) is 5.73 Å². The highest BCUT2D eigenvalue weighted by Crippen LogP contribution is 2.50. The van der Waals surface area contributed by atoms with Gasteiger partial charge >= 0.3 is 0 Å². The Morgan fingerprint density at radius 3 is 2.58 bits per heavy atom. The maximum Gasteiger partial charge on any atom is 0.0162 e. The molecule has 0 aliphatic heterocycles. The van der Waals surface area contributed by atoms with Crippen LogP contribution in [0.2, 0.25) is 0 Å². The van der Waals surface area contributed by atoms with E-state index < -0.39 is 0 Å². The molecule has 0 aromatic carbocycles. The Morgan fingerprint density at radius 2 is 2.17 bits per heavy atom. The lowest BCUT2D eigenvalue weighted by atomic mass is 10.1. The van der Waals surface area contributed by atoms with E-state index in [2.05, 4.69) is 26.1 Å². The SMILES string of the molecule is CCC(N)CNCC1CC1(C)C. The van der Waals surface area contributed by atoms with Crippen LogP contribution in [0.1, 0.15) is 33.6 Å². The predicted molar refractivity (Wildman–Crippen MR) is 53.0 cm³/mol. The molecule has 0 aromatic rings. The van der Waals surface area contributed by atoms with Gasteiger partial charge < -0.3 is 11.1 Å². The molecular weight excluding hydrogens is 148 g/mol. The Kier molecular flexibility index (Phi) is 3.13.